The van der Waals surface area contributed by atoms with Crippen LogP contribution in [0.1, 0.15) is 56.3 Å². The molecule has 3 aromatic heterocycles. The number of aryl methyl sites for hydroxylation is 1. The summed E-state index contributed by atoms with van der Waals surface area (Å²) in [6, 6.07) is 9.55. The van der Waals surface area contributed by atoms with Crippen molar-refractivity contribution < 1.29 is 4.79 Å². The molecule has 1 aliphatic rings. The van der Waals surface area contributed by atoms with E-state index >= 15 is 0 Å². The van der Waals surface area contributed by atoms with E-state index in [1.807, 2.05) is 47.3 Å². The van der Waals surface area contributed by atoms with Crippen LogP contribution in [0, 0.1) is 0 Å². The van der Waals surface area contributed by atoms with Crippen LogP contribution < -0.4 is 5.69 Å². The predicted octanol–water partition coefficient (Wildman–Crippen LogP) is 3.58. The Morgan fingerprint density at radius 3 is 2.65 bits per heavy atom. The fourth-order valence-corrected chi connectivity index (χ4v) is 4.68. The number of hydrogen-bond donors (Lipinski definition) is 1. The van der Waals surface area contributed by atoms with E-state index in [1.54, 1.807) is 10.8 Å². The molecule has 174 valence electrons. The van der Waals surface area contributed by atoms with Gasteiger partial charge in [-0.3, -0.25) is 18.9 Å². The molecule has 1 atom stereocenters. The normalized spacial score (nSPS) is 15.8. The summed E-state index contributed by atoms with van der Waals surface area (Å²) in [5.41, 5.74) is 4.68. The number of unbranched alkanes of at least 4 members (excludes halogenated alkanes) is 1. The Kier molecular flexibility index (Phi) is 6.16. The Labute approximate surface area is 196 Å². The molecule has 1 unspecified atom stereocenters. The van der Waals surface area contributed by atoms with Crippen molar-refractivity contribution in [1.29, 1.82) is 0 Å². The molecular formula is C25H27N7O2. The molecule has 0 aliphatic heterocycles. The number of aromatic amines is 1. The molecule has 0 amide bonds. The van der Waals surface area contributed by atoms with Gasteiger partial charge in [-0.1, -0.05) is 37.6 Å². The third-order valence-electron chi connectivity index (χ3n) is 6.51. The monoisotopic (exact) mass is 457 g/mol. The number of nitrogens with one attached hydrogen (secondary N) is 1. The molecule has 34 heavy (non-hydrogen) atoms. The molecule has 5 rings (SSSR count). The fourth-order valence-electron chi connectivity index (χ4n) is 4.68. The van der Waals surface area contributed by atoms with Crippen LogP contribution in [0.15, 0.2) is 53.7 Å². The Bertz CT molecular complexity index is 1340. The molecule has 1 saturated carbocycles. The van der Waals surface area contributed by atoms with Gasteiger partial charge >= 0.3 is 5.69 Å². The highest BCUT2D eigenvalue weighted by Crippen LogP contribution is 2.28. The van der Waals surface area contributed by atoms with Gasteiger partial charge in [-0.25, -0.2) is 4.79 Å². The van der Waals surface area contributed by atoms with Gasteiger partial charge in [0.05, 0.1) is 12.6 Å². The Morgan fingerprint density at radius 1 is 1.12 bits per heavy atom. The smallest absolute Gasteiger partial charge is 0.297 e. The predicted molar refractivity (Wildman–Crippen MR) is 127 cm³/mol. The van der Waals surface area contributed by atoms with Gasteiger partial charge in [0, 0.05) is 36.3 Å². The van der Waals surface area contributed by atoms with E-state index in [9.17, 15) is 9.59 Å². The second-order valence-corrected chi connectivity index (χ2v) is 8.72. The summed E-state index contributed by atoms with van der Waals surface area (Å²) in [5, 5.41) is 14.1. The number of benzene rings is 1. The van der Waals surface area contributed by atoms with Crippen molar-refractivity contribution in [3.05, 3.63) is 70.7 Å². The minimum atomic E-state index is -0.333. The van der Waals surface area contributed by atoms with Crippen LogP contribution in [0.2, 0.25) is 0 Å². The molecule has 1 N–H and O–H groups in total. The van der Waals surface area contributed by atoms with E-state index in [-0.39, 0.29) is 17.5 Å². The molecule has 1 aliphatic carbocycles. The number of hydrogen-bond acceptors (Lipinski definition) is 6. The van der Waals surface area contributed by atoms with Crippen LogP contribution in [0.25, 0.3) is 22.5 Å². The molecule has 0 saturated heterocycles. The van der Waals surface area contributed by atoms with Gasteiger partial charge in [0.2, 0.25) is 5.82 Å². The lowest BCUT2D eigenvalue weighted by Gasteiger charge is -2.12. The summed E-state index contributed by atoms with van der Waals surface area (Å²) in [5.74, 6) is 0.696. The number of H-pyrrole nitrogens is 1. The average Bonchev–Trinajstić information content (AvgIpc) is 3.61. The zero-order chi connectivity index (χ0) is 23.5. The lowest BCUT2D eigenvalue weighted by Crippen LogP contribution is -2.29. The first kappa shape index (κ1) is 21.9. The summed E-state index contributed by atoms with van der Waals surface area (Å²) < 4.78 is 3.48. The summed E-state index contributed by atoms with van der Waals surface area (Å²) in [7, 11) is 0. The summed E-state index contributed by atoms with van der Waals surface area (Å²) in [6.45, 7) is 2.54. The highest BCUT2D eigenvalue weighted by atomic mass is 16.2. The van der Waals surface area contributed by atoms with Crippen molar-refractivity contribution in [3.8, 4) is 22.5 Å². The number of ketones is 1. The molecule has 3 heterocycles. The Hall–Kier alpha value is -3.88. The van der Waals surface area contributed by atoms with E-state index in [4.69, 9.17) is 0 Å². The lowest BCUT2D eigenvalue weighted by molar-refractivity contribution is -0.120. The third-order valence-corrected chi connectivity index (χ3v) is 6.51. The van der Waals surface area contributed by atoms with Crippen LogP contribution in [-0.4, -0.2) is 40.5 Å². The zero-order valence-electron chi connectivity index (χ0n) is 19.1. The lowest BCUT2D eigenvalue weighted by atomic mass is 10.00. The van der Waals surface area contributed by atoms with Gasteiger partial charge in [0.1, 0.15) is 0 Å². The minimum Gasteiger partial charge on any atom is -0.297 e. The van der Waals surface area contributed by atoms with Crippen LogP contribution in [-0.2, 0) is 17.8 Å². The van der Waals surface area contributed by atoms with Gasteiger partial charge in [0.15, 0.2) is 5.78 Å². The number of aromatic nitrogens is 7. The maximum Gasteiger partial charge on any atom is 0.329 e. The van der Waals surface area contributed by atoms with Crippen molar-refractivity contribution in [2.24, 2.45) is 0 Å². The number of nitrogens with zero attached hydrogens (tertiary/aromatic N) is 6. The molecule has 1 aromatic carbocycles. The molecule has 0 radical (unpaired) electrons. The van der Waals surface area contributed by atoms with Crippen LogP contribution in [0.3, 0.4) is 0 Å². The molecule has 0 spiro atoms. The SMILES string of the molecule is CCCCc1cn(C2CCCC2=O)c(=O)n1Cc1cnccc1-c1ccc(-c2nn[nH]n2)cc1. The van der Waals surface area contributed by atoms with E-state index < -0.39 is 0 Å². The van der Waals surface area contributed by atoms with Gasteiger partial charge in [-0.2, -0.15) is 5.21 Å². The van der Waals surface area contributed by atoms with E-state index in [0.717, 1.165) is 60.1 Å². The van der Waals surface area contributed by atoms with Crippen LogP contribution in [0.4, 0.5) is 0 Å². The topological polar surface area (TPSA) is 111 Å². The number of carbonyl (C=O) groups excluding carboxylic acids is 1. The maximum atomic E-state index is 13.4. The Morgan fingerprint density at radius 2 is 1.94 bits per heavy atom. The Balaban J connectivity index is 1.50. The zero-order valence-corrected chi connectivity index (χ0v) is 19.1. The second-order valence-electron chi connectivity index (χ2n) is 8.72. The molecule has 9 nitrogen and oxygen atoms in total. The molecule has 1 fully saturated rings. The van der Waals surface area contributed by atoms with E-state index in [0.29, 0.717) is 18.8 Å². The van der Waals surface area contributed by atoms with Crippen molar-refractivity contribution in [1.82, 2.24) is 34.7 Å². The first-order valence-corrected chi connectivity index (χ1v) is 11.8. The first-order chi connectivity index (χ1) is 16.7. The van der Waals surface area contributed by atoms with Gasteiger partial charge in [-0.15, -0.1) is 10.2 Å². The summed E-state index contributed by atoms with van der Waals surface area (Å²) in [4.78, 5) is 30.2. The summed E-state index contributed by atoms with van der Waals surface area (Å²) in [6.07, 6.45) is 10.4. The molecule has 0 bridgehead atoms. The van der Waals surface area contributed by atoms with Gasteiger partial charge in [-0.05, 0) is 53.7 Å². The van der Waals surface area contributed by atoms with E-state index in [1.165, 1.54) is 0 Å². The van der Waals surface area contributed by atoms with Crippen molar-refractivity contribution in [3.63, 3.8) is 0 Å². The van der Waals surface area contributed by atoms with Gasteiger partial charge in [0.25, 0.3) is 0 Å². The molecule has 4 aromatic rings. The molecule has 9 heteroatoms. The number of pyridine rings is 1. The van der Waals surface area contributed by atoms with Crippen molar-refractivity contribution in [2.45, 2.75) is 58.0 Å². The fraction of sp³-hybridized carbons (Fsp3) is 0.360. The number of tetrazole rings is 1. The maximum absolute atomic E-state index is 13.4. The first-order valence-electron chi connectivity index (χ1n) is 11.8. The van der Waals surface area contributed by atoms with Gasteiger partial charge < -0.3 is 0 Å². The summed E-state index contributed by atoms with van der Waals surface area (Å²) >= 11 is 0. The number of imidazole rings is 1. The van der Waals surface area contributed by atoms with E-state index in [2.05, 4.69) is 32.5 Å². The number of carbonyl (C=O) groups is 1. The van der Waals surface area contributed by atoms with Crippen molar-refractivity contribution in [2.75, 3.05) is 0 Å². The highest BCUT2D eigenvalue weighted by molar-refractivity contribution is 5.84. The average molecular weight is 458 g/mol. The highest BCUT2D eigenvalue weighted by Gasteiger charge is 2.29. The van der Waals surface area contributed by atoms with Crippen LogP contribution >= 0.6 is 0 Å². The van der Waals surface area contributed by atoms with Crippen LogP contribution in [0.5, 0.6) is 0 Å². The van der Waals surface area contributed by atoms with Crippen molar-refractivity contribution >= 4 is 5.78 Å². The quantitative estimate of drug-likeness (QED) is 0.433. The largest absolute Gasteiger partial charge is 0.329 e. The number of rotatable bonds is 8. The standard InChI is InChI=1S/C25H27N7O2/c1-2-3-5-20-16-32(22-6-4-7-23(22)33)25(34)31(20)15-19-14-26-13-12-21(19)17-8-10-18(11-9-17)24-27-29-30-28-24/h8-14,16,22H,2-7,15H2,1H3,(H,27,28,29,30). The third kappa shape index (κ3) is 4.21. The molecular weight excluding hydrogens is 430 g/mol. The minimum absolute atomic E-state index is 0.117. The number of Topliss-reactive ketones (excluding diaryl/α,β-unsaturated/α-hetero) is 1. The second kappa shape index (κ2) is 9.54.